The molecule has 1 spiro atoms. The van der Waals surface area contributed by atoms with Crippen molar-refractivity contribution in [1.82, 2.24) is 34.4 Å². The van der Waals surface area contributed by atoms with Gasteiger partial charge in [-0.25, -0.2) is 14.6 Å². The van der Waals surface area contributed by atoms with Gasteiger partial charge in [-0.3, -0.25) is 19.7 Å². The number of methoxy groups -OCH3 is 2. The van der Waals surface area contributed by atoms with Crippen LogP contribution in [0.2, 0.25) is 0 Å². The lowest BCUT2D eigenvalue weighted by atomic mass is 9.68. The number of anilines is 1. The molecule has 3 aliphatic rings. The summed E-state index contributed by atoms with van der Waals surface area (Å²) in [4.78, 5) is 55.9. The van der Waals surface area contributed by atoms with E-state index in [1.54, 1.807) is 38.6 Å². The van der Waals surface area contributed by atoms with Crippen molar-refractivity contribution in [3.8, 4) is 17.2 Å². The maximum Gasteiger partial charge on any atom is 0.294 e. The second-order valence-corrected chi connectivity index (χ2v) is 13.8. The van der Waals surface area contributed by atoms with E-state index in [2.05, 4.69) is 24.9 Å². The molecule has 2 aromatic heterocycles. The molecule has 0 radical (unpaired) electrons. The van der Waals surface area contributed by atoms with Crippen molar-refractivity contribution >= 4 is 34.4 Å². The molecular formula is C36H43N9O6. The quantitative estimate of drug-likeness (QED) is 0.197. The molecule has 268 valence electrons. The average Bonchev–Trinajstić information content (AvgIpc) is 3.58. The van der Waals surface area contributed by atoms with E-state index in [0.29, 0.717) is 99.0 Å². The van der Waals surface area contributed by atoms with Crippen LogP contribution in [0.1, 0.15) is 36.8 Å². The van der Waals surface area contributed by atoms with E-state index < -0.39 is 10.5 Å². The van der Waals surface area contributed by atoms with Crippen LogP contribution in [0, 0.1) is 16.0 Å². The summed E-state index contributed by atoms with van der Waals surface area (Å²) in [5.41, 5.74) is 2.48. The highest BCUT2D eigenvalue weighted by atomic mass is 16.6. The van der Waals surface area contributed by atoms with Crippen molar-refractivity contribution < 1.29 is 24.0 Å². The van der Waals surface area contributed by atoms with Gasteiger partial charge < -0.3 is 29.1 Å². The number of nitro benzene ring substituents is 1. The lowest BCUT2D eigenvalue weighted by Gasteiger charge is -2.52. The fourth-order valence-corrected chi connectivity index (χ4v) is 8.21. The molecular weight excluding hydrogens is 654 g/mol. The summed E-state index contributed by atoms with van der Waals surface area (Å²) in [5, 5.41) is 16.8. The van der Waals surface area contributed by atoms with Crippen LogP contribution in [-0.2, 0) is 21.5 Å². The molecule has 0 N–H and O–H groups in total. The molecule has 2 amide bonds. The smallest absolute Gasteiger partial charge is 0.294 e. The Morgan fingerprint density at radius 1 is 1.00 bits per heavy atom. The van der Waals surface area contributed by atoms with Crippen LogP contribution in [0.3, 0.4) is 0 Å². The molecule has 2 aromatic carbocycles. The minimum absolute atomic E-state index is 0.0658. The molecule has 15 heteroatoms. The number of likely N-dealkylation sites (N-methyl/N-ethyl adjacent to an activating group) is 1. The highest BCUT2D eigenvalue weighted by Gasteiger charge is 2.49. The van der Waals surface area contributed by atoms with Crippen LogP contribution in [0.15, 0.2) is 48.9 Å². The number of piperazine rings is 1. The Morgan fingerprint density at radius 3 is 2.39 bits per heavy atom. The normalized spacial score (nSPS) is 20.5. The fraction of sp³-hybridized carbons (Fsp3) is 0.472. The molecule has 2 fully saturated rings. The van der Waals surface area contributed by atoms with Crippen LogP contribution in [0.5, 0.6) is 11.5 Å². The third kappa shape index (κ3) is 6.09. The summed E-state index contributed by atoms with van der Waals surface area (Å²) < 4.78 is 12.8. The van der Waals surface area contributed by atoms with E-state index in [0.717, 1.165) is 17.5 Å². The van der Waals surface area contributed by atoms with Gasteiger partial charge >= 0.3 is 0 Å². The predicted octanol–water partition coefficient (Wildman–Crippen LogP) is 3.42. The monoisotopic (exact) mass is 697 g/mol. The summed E-state index contributed by atoms with van der Waals surface area (Å²) in [6.07, 6.45) is 6.54. The van der Waals surface area contributed by atoms with Crippen molar-refractivity contribution in [3.05, 3.63) is 70.2 Å². The summed E-state index contributed by atoms with van der Waals surface area (Å²) in [6, 6.07) is 10.5. The molecule has 0 bridgehead atoms. The molecule has 1 saturated carbocycles. The Kier molecular flexibility index (Phi) is 9.23. The largest absolute Gasteiger partial charge is 0.493 e. The van der Waals surface area contributed by atoms with Crippen LogP contribution >= 0.6 is 0 Å². The maximum absolute atomic E-state index is 14.0. The van der Waals surface area contributed by atoms with Crippen molar-refractivity contribution in [2.45, 2.75) is 37.6 Å². The van der Waals surface area contributed by atoms with Crippen molar-refractivity contribution in [2.75, 3.05) is 72.5 Å². The number of benzene rings is 2. The van der Waals surface area contributed by atoms with E-state index >= 15 is 0 Å². The van der Waals surface area contributed by atoms with Gasteiger partial charge in [-0.1, -0.05) is 12.1 Å². The Bertz CT molecular complexity index is 1960. The number of amides is 2. The van der Waals surface area contributed by atoms with Gasteiger partial charge in [-0.2, -0.15) is 5.10 Å². The number of carbonyl (C=O) groups excluding carboxylic acids is 2. The number of nitrogens with zero attached hydrogens (tertiary/aromatic N) is 9. The zero-order chi connectivity index (χ0) is 35.9. The second kappa shape index (κ2) is 13.8. The van der Waals surface area contributed by atoms with E-state index in [-0.39, 0.29) is 23.4 Å². The lowest BCUT2D eigenvalue weighted by molar-refractivity contribution is -0.384. The van der Waals surface area contributed by atoms with E-state index in [1.165, 1.54) is 17.1 Å². The minimum Gasteiger partial charge on any atom is -0.493 e. The predicted molar refractivity (Wildman–Crippen MR) is 189 cm³/mol. The van der Waals surface area contributed by atoms with Crippen molar-refractivity contribution in [1.29, 1.82) is 0 Å². The first-order valence-electron chi connectivity index (χ1n) is 17.3. The number of ether oxygens (including phenoxy) is 2. The van der Waals surface area contributed by atoms with Gasteiger partial charge in [0, 0.05) is 44.7 Å². The highest BCUT2D eigenvalue weighted by molar-refractivity contribution is 5.88. The van der Waals surface area contributed by atoms with Crippen molar-refractivity contribution in [3.63, 3.8) is 0 Å². The van der Waals surface area contributed by atoms with Gasteiger partial charge in [0.25, 0.3) is 5.69 Å². The standard InChI is InChI=1S/C36H43N9O6/c1-40(2)22-32(46)43-14-11-25-19-30(50-3)31(51-4)20-27(25)36(43)12-9-24(10-13-36)35(47)42-17-15-41(16-18-42)33-26-21-39-44(34(26)38-23-37-33)28-7-5-6-8-29(28)45(48)49/h5-8,19-21,23-24H,9-18,22H2,1-4H3. The van der Waals surface area contributed by atoms with Gasteiger partial charge in [0.2, 0.25) is 11.8 Å². The minimum atomic E-state index is -0.515. The summed E-state index contributed by atoms with van der Waals surface area (Å²) in [5.74, 6) is 2.11. The molecule has 4 heterocycles. The topological polar surface area (TPSA) is 152 Å². The van der Waals surface area contributed by atoms with Gasteiger partial charge in [-0.05, 0) is 75.5 Å². The van der Waals surface area contributed by atoms with Gasteiger partial charge in [0.05, 0.1) is 42.8 Å². The molecule has 0 atom stereocenters. The SMILES string of the molecule is COc1cc2c(cc1OC)C1(CCC(C(=O)N3CCN(c4ncnc5c4cnn5-c4ccccc4[N+](=O)[O-])CC3)CC1)N(C(=O)CN(C)C)CC2. The zero-order valence-electron chi connectivity index (χ0n) is 29.4. The van der Waals surface area contributed by atoms with Crippen LogP contribution < -0.4 is 14.4 Å². The molecule has 4 aromatic rings. The first-order chi connectivity index (χ1) is 24.6. The molecule has 0 unspecified atom stereocenters. The third-order valence-corrected chi connectivity index (χ3v) is 10.7. The van der Waals surface area contributed by atoms with Crippen molar-refractivity contribution in [2.24, 2.45) is 5.92 Å². The van der Waals surface area contributed by atoms with E-state index in [9.17, 15) is 19.7 Å². The summed E-state index contributed by atoms with van der Waals surface area (Å²) in [6.45, 7) is 3.17. The summed E-state index contributed by atoms with van der Waals surface area (Å²) >= 11 is 0. The first kappa shape index (κ1) is 34.2. The number of rotatable bonds is 8. The number of hydrogen-bond donors (Lipinski definition) is 0. The Balaban J connectivity index is 1.06. The van der Waals surface area contributed by atoms with Crippen LogP contribution in [0.25, 0.3) is 16.7 Å². The number of aromatic nitrogens is 4. The molecule has 1 saturated heterocycles. The molecule has 7 rings (SSSR count). The summed E-state index contributed by atoms with van der Waals surface area (Å²) in [7, 11) is 7.08. The zero-order valence-corrected chi connectivity index (χ0v) is 29.4. The second-order valence-electron chi connectivity index (χ2n) is 13.8. The molecule has 2 aliphatic heterocycles. The third-order valence-electron chi connectivity index (χ3n) is 10.7. The number of nitro groups is 1. The average molecular weight is 698 g/mol. The fourth-order valence-electron chi connectivity index (χ4n) is 8.21. The number of para-hydroxylation sites is 2. The van der Waals surface area contributed by atoms with Gasteiger partial charge in [0.15, 0.2) is 17.1 Å². The maximum atomic E-state index is 14.0. The lowest BCUT2D eigenvalue weighted by Crippen LogP contribution is -2.57. The Hall–Kier alpha value is -5.31. The molecule has 1 aliphatic carbocycles. The Labute approximate surface area is 295 Å². The van der Waals surface area contributed by atoms with Crippen LogP contribution in [-0.4, -0.2) is 119 Å². The Morgan fingerprint density at radius 2 is 1.71 bits per heavy atom. The molecule has 51 heavy (non-hydrogen) atoms. The van der Waals surface area contributed by atoms with E-state index in [1.807, 2.05) is 36.0 Å². The van der Waals surface area contributed by atoms with Crippen LogP contribution in [0.4, 0.5) is 11.5 Å². The van der Waals surface area contributed by atoms with Gasteiger partial charge in [-0.15, -0.1) is 0 Å². The number of carbonyl (C=O) groups is 2. The van der Waals surface area contributed by atoms with E-state index in [4.69, 9.17) is 9.47 Å². The number of hydrogen-bond acceptors (Lipinski definition) is 11. The first-order valence-corrected chi connectivity index (χ1v) is 17.3. The van der Waals surface area contributed by atoms with Gasteiger partial charge in [0.1, 0.15) is 17.8 Å². The molecule has 15 nitrogen and oxygen atoms in total. The number of fused-ring (bicyclic) bond motifs is 3. The highest BCUT2D eigenvalue weighted by Crippen LogP contribution is 2.50.